The minimum Gasteiger partial charge on any atom is -0.368 e. The average Bonchev–Trinajstić information content (AvgIpc) is 2.38. The van der Waals surface area contributed by atoms with Crippen LogP contribution in [-0.4, -0.2) is 14.9 Å². The fraction of sp³-hybridized carbons (Fsp3) is 0.167. The molecule has 98 valence electrons. The number of nitrogen functional groups attached to an aromatic ring is 1. The van der Waals surface area contributed by atoms with Crippen LogP contribution in [0.4, 0.5) is 17.5 Å². The minimum atomic E-state index is -0.545. The van der Waals surface area contributed by atoms with Gasteiger partial charge in [-0.05, 0) is 12.5 Å². The lowest BCUT2D eigenvalue weighted by Gasteiger charge is -2.06. The van der Waals surface area contributed by atoms with E-state index in [-0.39, 0.29) is 17.5 Å². The minimum absolute atomic E-state index is 0.00277. The van der Waals surface area contributed by atoms with Crippen LogP contribution in [0, 0.1) is 17.0 Å². The Morgan fingerprint density at radius 3 is 2.68 bits per heavy atom. The molecule has 0 bridgehead atoms. The maximum Gasteiger partial charge on any atom is 0.329 e. The van der Waals surface area contributed by atoms with E-state index in [9.17, 15) is 10.1 Å². The van der Waals surface area contributed by atoms with E-state index >= 15 is 0 Å². The summed E-state index contributed by atoms with van der Waals surface area (Å²) >= 11 is 0. The summed E-state index contributed by atoms with van der Waals surface area (Å²) in [5.74, 6) is 0.120. The van der Waals surface area contributed by atoms with Crippen molar-refractivity contribution in [2.75, 3.05) is 11.1 Å². The van der Waals surface area contributed by atoms with Crippen molar-refractivity contribution in [1.29, 1.82) is 0 Å². The Hall–Kier alpha value is -2.70. The number of aryl methyl sites for hydroxylation is 1. The number of nitrogens with zero attached hydrogens (tertiary/aromatic N) is 3. The first-order valence-corrected chi connectivity index (χ1v) is 5.62. The van der Waals surface area contributed by atoms with Crippen molar-refractivity contribution in [2.45, 2.75) is 13.5 Å². The zero-order valence-corrected chi connectivity index (χ0v) is 10.3. The fourth-order valence-corrected chi connectivity index (χ4v) is 1.54. The van der Waals surface area contributed by atoms with Gasteiger partial charge in [0, 0.05) is 6.54 Å². The summed E-state index contributed by atoms with van der Waals surface area (Å²) < 4.78 is 0. The van der Waals surface area contributed by atoms with Crippen LogP contribution in [0.25, 0.3) is 0 Å². The Labute approximate surface area is 109 Å². The van der Waals surface area contributed by atoms with E-state index in [0.717, 1.165) is 17.3 Å². The summed E-state index contributed by atoms with van der Waals surface area (Å²) in [5, 5.41) is 13.7. The molecular weight excluding hydrogens is 246 g/mol. The molecule has 0 saturated carbocycles. The first-order valence-electron chi connectivity index (χ1n) is 5.62. The summed E-state index contributed by atoms with van der Waals surface area (Å²) in [6.45, 7) is 2.42. The number of benzene rings is 1. The molecule has 3 N–H and O–H groups in total. The van der Waals surface area contributed by atoms with E-state index < -0.39 is 4.92 Å². The van der Waals surface area contributed by atoms with Gasteiger partial charge in [-0.2, -0.15) is 4.98 Å². The first-order chi connectivity index (χ1) is 9.06. The van der Waals surface area contributed by atoms with Gasteiger partial charge in [0.15, 0.2) is 0 Å². The third kappa shape index (κ3) is 3.15. The Kier molecular flexibility index (Phi) is 3.56. The van der Waals surface area contributed by atoms with Crippen LogP contribution < -0.4 is 11.1 Å². The molecule has 0 saturated heterocycles. The highest BCUT2D eigenvalue weighted by Crippen LogP contribution is 2.21. The smallest absolute Gasteiger partial charge is 0.329 e. The normalized spacial score (nSPS) is 10.2. The Bertz CT molecular complexity index is 598. The van der Waals surface area contributed by atoms with E-state index in [1.165, 1.54) is 0 Å². The van der Waals surface area contributed by atoms with Crippen molar-refractivity contribution >= 4 is 17.5 Å². The maximum atomic E-state index is 10.8. The highest BCUT2D eigenvalue weighted by Gasteiger charge is 2.16. The third-order valence-corrected chi connectivity index (χ3v) is 2.57. The predicted octanol–water partition coefficient (Wildman–Crippen LogP) is 1.89. The average molecular weight is 259 g/mol. The van der Waals surface area contributed by atoms with E-state index in [1.807, 2.05) is 31.2 Å². The highest BCUT2D eigenvalue weighted by atomic mass is 16.6. The molecule has 19 heavy (non-hydrogen) atoms. The lowest BCUT2D eigenvalue weighted by molar-refractivity contribution is -0.384. The molecule has 0 unspecified atom stereocenters. The van der Waals surface area contributed by atoms with E-state index in [0.29, 0.717) is 6.54 Å². The fourth-order valence-electron chi connectivity index (χ4n) is 1.54. The van der Waals surface area contributed by atoms with Gasteiger partial charge >= 0.3 is 5.69 Å². The van der Waals surface area contributed by atoms with Crippen molar-refractivity contribution in [3.05, 3.63) is 51.7 Å². The maximum absolute atomic E-state index is 10.8. The van der Waals surface area contributed by atoms with Gasteiger partial charge in [-0.3, -0.25) is 10.1 Å². The van der Waals surface area contributed by atoms with Crippen LogP contribution in [0.15, 0.2) is 30.5 Å². The van der Waals surface area contributed by atoms with Crippen LogP contribution >= 0.6 is 0 Å². The molecule has 0 aliphatic heterocycles. The monoisotopic (exact) mass is 259 g/mol. The van der Waals surface area contributed by atoms with Gasteiger partial charge in [-0.25, -0.2) is 4.98 Å². The summed E-state index contributed by atoms with van der Waals surface area (Å²) in [5.41, 5.74) is 7.39. The molecule has 0 amide bonds. The Morgan fingerprint density at radius 2 is 2.05 bits per heavy atom. The Morgan fingerprint density at radius 1 is 1.37 bits per heavy atom. The molecule has 0 fully saturated rings. The SMILES string of the molecule is Cc1ccc(CNc2nc(N)ncc2[N+](=O)[O-])cc1. The number of nitro groups is 1. The van der Waals surface area contributed by atoms with Gasteiger partial charge in [0.25, 0.3) is 0 Å². The third-order valence-electron chi connectivity index (χ3n) is 2.57. The lowest BCUT2D eigenvalue weighted by Crippen LogP contribution is -2.07. The second-order valence-corrected chi connectivity index (χ2v) is 4.06. The molecular formula is C12H13N5O2. The van der Waals surface area contributed by atoms with Crippen molar-refractivity contribution in [3.8, 4) is 0 Å². The molecule has 7 nitrogen and oxygen atoms in total. The number of nitrogens with one attached hydrogen (secondary N) is 1. The van der Waals surface area contributed by atoms with Gasteiger partial charge in [-0.1, -0.05) is 29.8 Å². The number of rotatable bonds is 4. The van der Waals surface area contributed by atoms with Gasteiger partial charge in [0.1, 0.15) is 6.20 Å². The topological polar surface area (TPSA) is 107 Å². The molecule has 7 heteroatoms. The quantitative estimate of drug-likeness (QED) is 0.641. The molecule has 0 aliphatic carbocycles. The molecule has 1 heterocycles. The van der Waals surface area contributed by atoms with Crippen molar-refractivity contribution in [3.63, 3.8) is 0 Å². The zero-order chi connectivity index (χ0) is 13.8. The van der Waals surface area contributed by atoms with Crippen LogP contribution in [-0.2, 0) is 6.54 Å². The van der Waals surface area contributed by atoms with Crippen LogP contribution in [0.3, 0.4) is 0 Å². The van der Waals surface area contributed by atoms with Crippen LogP contribution in [0.1, 0.15) is 11.1 Å². The number of aromatic nitrogens is 2. The molecule has 2 aromatic rings. The molecule has 1 aromatic carbocycles. The molecule has 2 rings (SSSR count). The number of nitrogens with two attached hydrogens (primary N) is 1. The van der Waals surface area contributed by atoms with Crippen molar-refractivity contribution in [2.24, 2.45) is 0 Å². The van der Waals surface area contributed by atoms with E-state index in [4.69, 9.17) is 5.73 Å². The molecule has 0 aliphatic rings. The highest BCUT2D eigenvalue weighted by molar-refractivity contribution is 5.56. The predicted molar refractivity (Wildman–Crippen MR) is 71.6 cm³/mol. The van der Waals surface area contributed by atoms with Gasteiger partial charge in [0.2, 0.25) is 11.8 Å². The number of hydrogen-bond donors (Lipinski definition) is 2. The van der Waals surface area contributed by atoms with E-state index in [1.54, 1.807) is 0 Å². The second-order valence-electron chi connectivity index (χ2n) is 4.06. The molecule has 0 spiro atoms. The second kappa shape index (κ2) is 5.30. The first kappa shape index (κ1) is 12.7. The van der Waals surface area contributed by atoms with Gasteiger partial charge in [-0.15, -0.1) is 0 Å². The Balaban J connectivity index is 2.16. The summed E-state index contributed by atoms with van der Waals surface area (Å²) in [7, 11) is 0. The van der Waals surface area contributed by atoms with Crippen molar-refractivity contribution in [1.82, 2.24) is 9.97 Å². The van der Waals surface area contributed by atoms with E-state index in [2.05, 4.69) is 15.3 Å². The summed E-state index contributed by atoms with van der Waals surface area (Å²) in [4.78, 5) is 17.7. The molecule has 0 atom stereocenters. The lowest BCUT2D eigenvalue weighted by atomic mass is 10.1. The number of anilines is 2. The number of hydrogen-bond acceptors (Lipinski definition) is 6. The summed E-state index contributed by atoms with van der Waals surface area (Å²) in [6, 6.07) is 7.83. The molecule has 0 radical (unpaired) electrons. The van der Waals surface area contributed by atoms with Gasteiger partial charge < -0.3 is 11.1 Å². The zero-order valence-electron chi connectivity index (χ0n) is 10.3. The van der Waals surface area contributed by atoms with Gasteiger partial charge in [0.05, 0.1) is 4.92 Å². The van der Waals surface area contributed by atoms with Crippen molar-refractivity contribution < 1.29 is 4.92 Å². The summed E-state index contributed by atoms with van der Waals surface area (Å²) in [6.07, 6.45) is 1.10. The largest absolute Gasteiger partial charge is 0.368 e. The van der Waals surface area contributed by atoms with Crippen LogP contribution in [0.2, 0.25) is 0 Å². The van der Waals surface area contributed by atoms with Crippen LogP contribution in [0.5, 0.6) is 0 Å². The molecule has 1 aromatic heterocycles. The standard InChI is InChI=1S/C12H13N5O2/c1-8-2-4-9(5-3-8)6-14-11-10(17(18)19)7-15-12(13)16-11/h2-5,7H,6H2,1H3,(H3,13,14,15,16).